The number of fused-ring (bicyclic) bond motifs is 1. The first kappa shape index (κ1) is 18.4. The Balaban J connectivity index is 1.60. The Morgan fingerprint density at radius 2 is 1.76 bits per heavy atom. The van der Waals surface area contributed by atoms with Crippen LogP contribution in [0.3, 0.4) is 0 Å². The topological polar surface area (TPSA) is 84.3 Å². The average molecular weight is 385 g/mol. The van der Waals surface area contributed by atoms with E-state index < -0.39 is 5.97 Å². The van der Waals surface area contributed by atoms with Gasteiger partial charge in [-0.2, -0.15) is 4.98 Å². The maximum Gasteiger partial charge on any atom is 0.335 e. The molecule has 6 heteroatoms. The molecule has 0 aliphatic carbocycles. The number of hydrogen-bond donors (Lipinski definition) is 2. The third-order valence-corrected chi connectivity index (χ3v) is 4.67. The molecule has 0 saturated carbocycles. The Hall–Kier alpha value is -3.93. The summed E-state index contributed by atoms with van der Waals surface area (Å²) in [5, 5.41) is 14.4. The van der Waals surface area contributed by atoms with Crippen LogP contribution in [0.25, 0.3) is 10.8 Å². The van der Waals surface area contributed by atoms with Gasteiger partial charge in [-0.15, -0.1) is 0 Å². The van der Waals surface area contributed by atoms with Gasteiger partial charge in [-0.3, -0.25) is 0 Å². The number of carboxylic acids is 1. The number of nitrogens with one attached hydrogen (secondary N) is 1. The van der Waals surface area contributed by atoms with Crippen molar-refractivity contribution in [1.82, 2.24) is 9.97 Å². The largest absolute Gasteiger partial charge is 0.478 e. The number of carboxylic acid groups (broad SMARTS) is 1. The van der Waals surface area contributed by atoms with Crippen LogP contribution in [-0.2, 0) is 0 Å². The zero-order chi connectivity index (χ0) is 20.4. The van der Waals surface area contributed by atoms with E-state index in [1.54, 1.807) is 24.4 Å². The number of aryl methyl sites for hydroxylation is 2. The molecule has 0 bridgehead atoms. The molecule has 0 saturated heterocycles. The van der Waals surface area contributed by atoms with Crippen LogP contribution in [0.4, 0.5) is 11.6 Å². The maximum atomic E-state index is 11.1. The molecule has 4 aromatic rings. The number of ether oxygens (including phenoxy) is 1. The standard InChI is InChI=1S/C23H19N3O3/c1-14-7-10-20(18-6-4-3-5-17(14)18)29-21-11-12-24-23(26-21)25-19-9-8-16(22(27)28)13-15(19)2/h3-13H,1-2H3,(H,27,28)(H,24,25,26). The molecule has 0 aliphatic rings. The number of anilines is 2. The van der Waals surface area contributed by atoms with Gasteiger partial charge in [0.1, 0.15) is 5.75 Å². The summed E-state index contributed by atoms with van der Waals surface area (Å²) < 4.78 is 6.04. The Morgan fingerprint density at radius 3 is 2.52 bits per heavy atom. The molecule has 0 radical (unpaired) electrons. The third kappa shape index (κ3) is 3.87. The van der Waals surface area contributed by atoms with Gasteiger partial charge in [-0.1, -0.05) is 30.3 Å². The van der Waals surface area contributed by atoms with Crippen molar-refractivity contribution in [1.29, 1.82) is 0 Å². The Kier molecular flexibility index (Phi) is 4.83. The molecule has 3 aromatic carbocycles. The van der Waals surface area contributed by atoms with Gasteiger partial charge in [0.25, 0.3) is 0 Å². The summed E-state index contributed by atoms with van der Waals surface area (Å²) >= 11 is 0. The monoisotopic (exact) mass is 385 g/mol. The highest BCUT2D eigenvalue weighted by atomic mass is 16.5. The van der Waals surface area contributed by atoms with Crippen molar-refractivity contribution in [2.75, 3.05) is 5.32 Å². The molecule has 0 aliphatic heterocycles. The summed E-state index contributed by atoms with van der Waals surface area (Å²) in [6, 6.07) is 18.5. The van der Waals surface area contributed by atoms with Gasteiger partial charge in [0.2, 0.25) is 11.8 Å². The van der Waals surface area contributed by atoms with Gasteiger partial charge in [0.05, 0.1) is 5.56 Å². The zero-order valence-electron chi connectivity index (χ0n) is 16.0. The molecular formula is C23H19N3O3. The molecule has 0 fully saturated rings. The highest BCUT2D eigenvalue weighted by Gasteiger charge is 2.09. The lowest BCUT2D eigenvalue weighted by molar-refractivity contribution is 0.0697. The summed E-state index contributed by atoms with van der Waals surface area (Å²) in [5.74, 6) is 0.538. The highest BCUT2D eigenvalue weighted by molar-refractivity contribution is 5.91. The molecule has 144 valence electrons. The molecule has 0 unspecified atom stereocenters. The van der Waals surface area contributed by atoms with E-state index in [4.69, 9.17) is 9.84 Å². The molecule has 4 rings (SSSR count). The molecule has 29 heavy (non-hydrogen) atoms. The molecule has 1 heterocycles. The minimum absolute atomic E-state index is 0.234. The molecular weight excluding hydrogens is 366 g/mol. The van der Waals surface area contributed by atoms with Gasteiger partial charge in [-0.25, -0.2) is 9.78 Å². The van der Waals surface area contributed by atoms with E-state index >= 15 is 0 Å². The number of hydrogen-bond acceptors (Lipinski definition) is 5. The summed E-state index contributed by atoms with van der Waals surface area (Å²) in [7, 11) is 0. The minimum atomic E-state index is -0.961. The molecule has 6 nitrogen and oxygen atoms in total. The maximum absolute atomic E-state index is 11.1. The Labute approximate surface area is 167 Å². The fourth-order valence-corrected chi connectivity index (χ4v) is 3.14. The van der Waals surface area contributed by atoms with E-state index in [0.29, 0.717) is 11.8 Å². The predicted octanol–water partition coefficient (Wildman–Crippen LogP) is 5.48. The lowest BCUT2D eigenvalue weighted by Crippen LogP contribution is -2.02. The molecule has 0 spiro atoms. The second-order valence-corrected chi connectivity index (χ2v) is 6.71. The average Bonchev–Trinajstić information content (AvgIpc) is 2.72. The van der Waals surface area contributed by atoms with Crippen molar-refractivity contribution in [2.45, 2.75) is 13.8 Å². The van der Waals surface area contributed by atoms with Crippen LogP contribution in [0.2, 0.25) is 0 Å². The number of rotatable bonds is 5. The van der Waals surface area contributed by atoms with Crippen molar-refractivity contribution in [2.24, 2.45) is 0 Å². The smallest absolute Gasteiger partial charge is 0.335 e. The molecule has 1 aromatic heterocycles. The first-order valence-corrected chi connectivity index (χ1v) is 9.11. The van der Waals surface area contributed by atoms with Gasteiger partial charge >= 0.3 is 5.97 Å². The number of nitrogens with zero attached hydrogens (tertiary/aromatic N) is 2. The van der Waals surface area contributed by atoms with Gasteiger partial charge < -0.3 is 15.2 Å². The Morgan fingerprint density at radius 1 is 0.966 bits per heavy atom. The van der Waals surface area contributed by atoms with Crippen molar-refractivity contribution in [3.05, 3.63) is 83.6 Å². The predicted molar refractivity (Wildman–Crippen MR) is 112 cm³/mol. The van der Waals surface area contributed by atoms with Crippen molar-refractivity contribution in [3.63, 3.8) is 0 Å². The summed E-state index contributed by atoms with van der Waals surface area (Å²) in [6.07, 6.45) is 1.61. The van der Waals surface area contributed by atoms with E-state index in [9.17, 15) is 4.79 Å². The van der Waals surface area contributed by atoms with E-state index in [1.807, 2.05) is 37.3 Å². The lowest BCUT2D eigenvalue weighted by Gasteiger charge is -2.12. The summed E-state index contributed by atoms with van der Waals surface area (Å²) in [4.78, 5) is 19.8. The van der Waals surface area contributed by atoms with Crippen LogP contribution >= 0.6 is 0 Å². The lowest BCUT2D eigenvalue weighted by atomic mass is 10.1. The van der Waals surface area contributed by atoms with Gasteiger partial charge in [-0.05, 0) is 54.6 Å². The zero-order valence-corrected chi connectivity index (χ0v) is 16.0. The van der Waals surface area contributed by atoms with E-state index in [-0.39, 0.29) is 5.56 Å². The summed E-state index contributed by atoms with van der Waals surface area (Å²) in [6.45, 7) is 3.89. The second-order valence-electron chi connectivity index (χ2n) is 6.71. The molecule has 0 atom stereocenters. The van der Waals surface area contributed by atoms with Gasteiger partial charge in [0, 0.05) is 23.3 Å². The normalized spacial score (nSPS) is 10.7. The fourth-order valence-electron chi connectivity index (χ4n) is 3.14. The summed E-state index contributed by atoms with van der Waals surface area (Å²) in [5.41, 5.74) is 2.92. The third-order valence-electron chi connectivity index (χ3n) is 4.67. The quantitative estimate of drug-likeness (QED) is 0.473. The van der Waals surface area contributed by atoms with Crippen LogP contribution in [0.1, 0.15) is 21.5 Å². The van der Waals surface area contributed by atoms with Crippen LogP contribution in [0.5, 0.6) is 11.6 Å². The van der Waals surface area contributed by atoms with Crippen LogP contribution in [-0.4, -0.2) is 21.0 Å². The van der Waals surface area contributed by atoms with Crippen LogP contribution in [0, 0.1) is 13.8 Å². The first-order valence-electron chi connectivity index (χ1n) is 9.11. The molecule has 2 N–H and O–H groups in total. The number of benzene rings is 3. The SMILES string of the molecule is Cc1cc(C(=O)O)ccc1Nc1nccc(Oc2ccc(C)c3ccccc23)n1. The molecule has 0 amide bonds. The Bertz CT molecular complexity index is 1220. The van der Waals surface area contributed by atoms with Crippen LogP contribution in [0.15, 0.2) is 66.9 Å². The van der Waals surface area contributed by atoms with Crippen LogP contribution < -0.4 is 10.1 Å². The van der Waals surface area contributed by atoms with Crippen molar-refractivity contribution < 1.29 is 14.6 Å². The minimum Gasteiger partial charge on any atom is -0.478 e. The van der Waals surface area contributed by atoms with Crippen molar-refractivity contribution >= 4 is 28.4 Å². The number of aromatic carboxylic acids is 1. The van der Waals surface area contributed by atoms with E-state index in [2.05, 4.69) is 28.3 Å². The van der Waals surface area contributed by atoms with E-state index in [1.165, 1.54) is 11.6 Å². The van der Waals surface area contributed by atoms with Crippen molar-refractivity contribution in [3.8, 4) is 11.6 Å². The number of aromatic nitrogens is 2. The van der Waals surface area contributed by atoms with Gasteiger partial charge in [0.15, 0.2) is 0 Å². The first-order chi connectivity index (χ1) is 14.0. The highest BCUT2D eigenvalue weighted by Crippen LogP contribution is 2.31. The fraction of sp³-hybridized carbons (Fsp3) is 0.0870. The van der Waals surface area contributed by atoms with E-state index in [0.717, 1.165) is 27.8 Å². The second kappa shape index (κ2) is 7.59. The number of carbonyl (C=O) groups is 1.